The number of hydrogen-bond acceptors (Lipinski definition) is 3. The van der Waals surface area contributed by atoms with Crippen LogP contribution in [0.1, 0.15) is 32.2 Å². The average molecular weight is 338 g/mol. The van der Waals surface area contributed by atoms with Gasteiger partial charge < -0.3 is 14.8 Å². The van der Waals surface area contributed by atoms with Gasteiger partial charge in [-0.2, -0.15) is 0 Å². The predicted molar refractivity (Wildman–Crippen MR) is 75.7 cm³/mol. The van der Waals surface area contributed by atoms with E-state index in [1.165, 1.54) is 12.1 Å². The van der Waals surface area contributed by atoms with Gasteiger partial charge in [0, 0.05) is 10.0 Å². The lowest BCUT2D eigenvalue weighted by molar-refractivity contribution is 0.0660. The second kappa shape index (κ2) is 5.92. The Morgan fingerprint density at radius 1 is 1.30 bits per heavy atom. The number of carboxylic acids is 1. The molecular weight excluding hydrogens is 326 g/mol. The van der Waals surface area contributed by atoms with Crippen molar-refractivity contribution in [2.75, 3.05) is 0 Å². The molecule has 2 N–H and O–H groups in total. The zero-order valence-corrected chi connectivity index (χ0v) is 12.2. The van der Waals surface area contributed by atoms with Gasteiger partial charge in [-0.15, -0.1) is 0 Å². The van der Waals surface area contributed by atoms with E-state index in [0.717, 1.165) is 10.0 Å². The van der Waals surface area contributed by atoms with Crippen LogP contribution >= 0.6 is 15.9 Å². The van der Waals surface area contributed by atoms with Gasteiger partial charge in [0.1, 0.15) is 5.76 Å². The third-order valence-electron chi connectivity index (χ3n) is 2.81. The number of rotatable bonds is 4. The summed E-state index contributed by atoms with van der Waals surface area (Å²) >= 11 is 3.37. The third-order valence-corrected chi connectivity index (χ3v) is 3.67. The summed E-state index contributed by atoms with van der Waals surface area (Å²) in [6.45, 7) is 1.98. The van der Waals surface area contributed by atoms with Gasteiger partial charge in [-0.1, -0.05) is 22.0 Å². The summed E-state index contributed by atoms with van der Waals surface area (Å²) in [7, 11) is 0. The SMILES string of the molecule is Cc1c(Br)cccc1C(=O)NCc1ccc(C(=O)O)o1. The van der Waals surface area contributed by atoms with Crippen LogP contribution in [-0.4, -0.2) is 17.0 Å². The Bertz CT molecular complexity index is 663. The van der Waals surface area contributed by atoms with E-state index in [4.69, 9.17) is 9.52 Å². The van der Waals surface area contributed by atoms with Crippen LogP contribution in [0.4, 0.5) is 0 Å². The van der Waals surface area contributed by atoms with Crippen molar-refractivity contribution < 1.29 is 19.1 Å². The molecule has 1 heterocycles. The molecule has 0 saturated heterocycles. The molecule has 1 aromatic carbocycles. The quantitative estimate of drug-likeness (QED) is 0.898. The minimum absolute atomic E-state index is 0.137. The molecule has 20 heavy (non-hydrogen) atoms. The lowest BCUT2D eigenvalue weighted by Gasteiger charge is -2.07. The number of carbonyl (C=O) groups is 2. The number of benzene rings is 1. The van der Waals surface area contributed by atoms with Gasteiger partial charge in [-0.05, 0) is 36.8 Å². The topological polar surface area (TPSA) is 79.5 Å². The van der Waals surface area contributed by atoms with Gasteiger partial charge >= 0.3 is 5.97 Å². The van der Waals surface area contributed by atoms with E-state index in [0.29, 0.717) is 11.3 Å². The highest BCUT2D eigenvalue weighted by Gasteiger charge is 2.12. The molecule has 0 radical (unpaired) electrons. The highest BCUT2D eigenvalue weighted by atomic mass is 79.9. The average Bonchev–Trinajstić information content (AvgIpc) is 2.88. The zero-order chi connectivity index (χ0) is 14.7. The van der Waals surface area contributed by atoms with Gasteiger partial charge in [-0.3, -0.25) is 4.79 Å². The molecule has 0 aliphatic heterocycles. The van der Waals surface area contributed by atoms with E-state index in [2.05, 4.69) is 21.2 Å². The number of halogens is 1. The van der Waals surface area contributed by atoms with E-state index < -0.39 is 5.97 Å². The first-order chi connectivity index (χ1) is 9.49. The molecule has 0 aliphatic rings. The van der Waals surface area contributed by atoms with Crippen LogP contribution in [0.3, 0.4) is 0 Å². The van der Waals surface area contributed by atoms with E-state index in [9.17, 15) is 9.59 Å². The largest absolute Gasteiger partial charge is 0.475 e. The molecule has 2 aromatic rings. The predicted octanol–water partition coefficient (Wildman–Crippen LogP) is 2.98. The van der Waals surface area contributed by atoms with Crippen LogP contribution in [0, 0.1) is 6.92 Å². The van der Waals surface area contributed by atoms with Gasteiger partial charge in [-0.25, -0.2) is 4.79 Å². The van der Waals surface area contributed by atoms with Crippen LogP contribution in [0.25, 0.3) is 0 Å². The van der Waals surface area contributed by atoms with Crippen LogP contribution in [0.5, 0.6) is 0 Å². The van der Waals surface area contributed by atoms with Crippen molar-refractivity contribution in [3.05, 3.63) is 57.5 Å². The van der Waals surface area contributed by atoms with Crippen molar-refractivity contribution in [2.24, 2.45) is 0 Å². The number of furan rings is 1. The second-order valence-corrected chi connectivity index (χ2v) is 5.02. The van der Waals surface area contributed by atoms with Crippen LogP contribution < -0.4 is 5.32 Å². The Kier molecular flexibility index (Phi) is 4.24. The van der Waals surface area contributed by atoms with E-state index in [1.807, 2.05) is 13.0 Å². The number of carboxylic acid groups (broad SMARTS) is 1. The molecule has 104 valence electrons. The van der Waals surface area contributed by atoms with Crippen molar-refractivity contribution in [1.29, 1.82) is 0 Å². The fraction of sp³-hybridized carbons (Fsp3) is 0.143. The monoisotopic (exact) mass is 337 g/mol. The molecule has 0 unspecified atom stereocenters. The normalized spacial score (nSPS) is 10.3. The molecule has 5 nitrogen and oxygen atoms in total. The molecule has 0 atom stereocenters. The van der Waals surface area contributed by atoms with Crippen molar-refractivity contribution in [3.8, 4) is 0 Å². The van der Waals surface area contributed by atoms with Crippen molar-refractivity contribution in [1.82, 2.24) is 5.32 Å². The highest BCUT2D eigenvalue weighted by molar-refractivity contribution is 9.10. The minimum atomic E-state index is -1.13. The van der Waals surface area contributed by atoms with Crippen LogP contribution in [-0.2, 0) is 6.54 Å². The molecule has 0 spiro atoms. The Morgan fingerprint density at radius 2 is 2.05 bits per heavy atom. The standard InChI is InChI=1S/C14H12BrNO4/c1-8-10(3-2-4-11(8)15)13(17)16-7-9-5-6-12(20-9)14(18)19/h2-6H,7H2,1H3,(H,16,17)(H,18,19). The molecule has 1 amide bonds. The Hall–Kier alpha value is -2.08. The molecule has 0 aliphatic carbocycles. The Balaban J connectivity index is 2.05. The molecule has 0 bridgehead atoms. The molecule has 0 fully saturated rings. The van der Waals surface area contributed by atoms with E-state index in [1.54, 1.807) is 12.1 Å². The molecule has 1 aromatic heterocycles. The summed E-state index contributed by atoms with van der Waals surface area (Å²) in [5.74, 6) is -1.13. The first kappa shape index (κ1) is 14.3. The summed E-state index contributed by atoms with van der Waals surface area (Å²) in [6.07, 6.45) is 0. The van der Waals surface area contributed by atoms with Gasteiger partial charge in [0.25, 0.3) is 5.91 Å². The Labute approximate surface area is 123 Å². The highest BCUT2D eigenvalue weighted by Crippen LogP contribution is 2.19. The number of aromatic carboxylic acids is 1. The van der Waals surface area contributed by atoms with Crippen LogP contribution in [0.15, 0.2) is 39.2 Å². The molecular formula is C14H12BrNO4. The van der Waals surface area contributed by atoms with Crippen LogP contribution in [0.2, 0.25) is 0 Å². The summed E-state index contributed by atoms with van der Waals surface area (Å²) < 4.78 is 5.92. The maximum Gasteiger partial charge on any atom is 0.371 e. The fourth-order valence-corrected chi connectivity index (χ4v) is 2.07. The van der Waals surface area contributed by atoms with Crippen molar-refractivity contribution >= 4 is 27.8 Å². The Morgan fingerprint density at radius 3 is 2.70 bits per heavy atom. The molecule has 6 heteroatoms. The zero-order valence-electron chi connectivity index (χ0n) is 10.6. The van der Waals surface area contributed by atoms with E-state index >= 15 is 0 Å². The fourth-order valence-electron chi connectivity index (χ4n) is 1.70. The summed E-state index contributed by atoms with van der Waals surface area (Å²) in [6, 6.07) is 8.24. The molecule has 0 saturated carbocycles. The second-order valence-electron chi connectivity index (χ2n) is 4.17. The molecule has 2 rings (SSSR count). The van der Waals surface area contributed by atoms with E-state index in [-0.39, 0.29) is 18.2 Å². The minimum Gasteiger partial charge on any atom is -0.475 e. The van der Waals surface area contributed by atoms with Crippen molar-refractivity contribution in [2.45, 2.75) is 13.5 Å². The third kappa shape index (κ3) is 3.08. The summed E-state index contributed by atoms with van der Waals surface area (Å²) in [5, 5.41) is 11.4. The summed E-state index contributed by atoms with van der Waals surface area (Å²) in [5.41, 5.74) is 1.40. The maximum atomic E-state index is 12.0. The van der Waals surface area contributed by atoms with Crippen molar-refractivity contribution in [3.63, 3.8) is 0 Å². The maximum absolute atomic E-state index is 12.0. The van der Waals surface area contributed by atoms with Gasteiger partial charge in [0.05, 0.1) is 6.54 Å². The lowest BCUT2D eigenvalue weighted by atomic mass is 10.1. The summed E-state index contributed by atoms with van der Waals surface area (Å²) in [4.78, 5) is 22.7. The smallest absolute Gasteiger partial charge is 0.371 e. The number of nitrogens with one attached hydrogen (secondary N) is 1. The van der Waals surface area contributed by atoms with Gasteiger partial charge in [0.15, 0.2) is 0 Å². The first-order valence-electron chi connectivity index (χ1n) is 5.84. The first-order valence-corrected chi connectivity index (χ1v) is 6.63. The number of carbonyl (C=O) groups excluding carboxylic acids is 1. The number of hydrogen-bond donors (Lipinski definition) is 2. The lowest BCUT2D eigenvalue weighted by Crippen LogP contribution is -2.23. The van der Waals surface area contributed by atoms with Gasteiger partial charge in [0.2, 0.25) is 5.76 Å². The number of amides is 1.